The van der Waals surface area contributed by atoms with Gasteiger partial charge in [-0.15, -0.1) is 0 Å². The molecule has 2 unspecified atom stereocenters. The molecule has 0 bridgehead atoms. The number of aromatic nitrogens is 4. The Morgan fingerprint density at radius 3 is 1.85 bits per heavy atom. The maximum Gasteiger partial charge on any atom is 0.341 e. The zero-order valence-corrected chi connectivity index (χ0v) is 31.0. The maximum atomic E-state index is 12.6. The van der Waals surface area contributed by atoms with Crippen LogP contribution >= 0.6 is 15.9 Å². The lowest BCUT2D eigenvalue weighted by atomic mass is 10.1. The Morgan fingerprint density at radius 1 is 0.872 bits per heavy atom. The molecule has 0 amide bonds. The summed E-state index contributed by atoms with van der Waals surface area (Å²) >= 11 is 3.11. The summed E-state index contributed by atoms with van der Waals surface area (Å²) in [5.41, 5.74) is 2.84. The topological polar surface area (TPSA) is 133 Å². The fourth-order valence-electron chi connectivity index (χ4n) is 4.70. The van der Waals surface area contributed by atoms with Crippen LogP contribution in [0, 0.1) is 20.8 Å². The van der Waals surface area contributed by atoms with Gasteiger partial charge in [0.05, 0.1) is 28.9 Å². The lowest BCUT2D eigenvalue weighted by Crippen LogP contribution is -2.24. The summed E-state index contributed by atoms with van der Waals surface area (Å²) < 4.78 is 12.7. The molecule has 4 aromatic heterocycles. The first kappa shape index (κ1) is 39.2. The fourth-order valence-corrected chi connectivity index (χ4v) is 4.93. The van der Waals surface area contributed by atoms with Crippen molar-refractivity contribution >= 4 is 61.5 Å². The first-order chi connectivity index (χ1) is 21.7. The predicted octanol–water partition coefficient (Wildman–Crippen LogP) is 8.23. The number of rotatable bonds is 7. The zero-order chi connectivity index (χ0) is 35.9. The third-order valence-electron chi connectivity index (χ3n) is 6.86. The first-order valence-electron chi connectivity index (χ1n) is 15.6. The molecule has 0 fully saturated rings. The molecule has 0 aliphatic carbocycles. The van der Waals surface area contributed by atoms with Crippen LogP contribution in [0.5, 0.6) is 0 Å². The van der Waals surface area contributed by atoms with E-state index in [4.69, 9.17) is 9.47 Å². The van der Waals surface area contributed by atoms with Crippen LogP contribution in [0.2, 0.25) is 0 Å². The number of nitrogens with one attached hydrogen (secondary N) is 1. The number of pyridine rings is 2. The van der Waals surface area contributed by atoms with Crippen molar-refractivity contribution in [3.8, 4) is 0 Å². The van der Waals surface area contributed by atoms with E-state index in [-0.39, 0.29) is 34.4 Å². The van der Waals surface area contributed by atoms with Gasteiger partial charge in [-0.05, 0) is 93.5 Å². The second-order valence-electron chi connectivity index (χ2n) is 13.1. The highest BCUT2D eigenvalue weighted by Crippen LogP contribution is 2.30. The van der Waals surface area contributed by atoms with Crippen molar-refractivity contribution < 1.29 is 28.7 Å². The van der Waals surface area contributed by atoms with Gasteiger partial charge in [-0.2, -0.15) is 0 Å². The number of aryl methyl sites for hydroxylation is 1. The minimum atomic E-state index is -0.578. The van der Waals surface area contributed by atoms with Gasteiger partial charge in [-0.1, -0.05) is 22.9 Å². The van der Waals surface area contributed by atoms with Gasteiger partial charge >= 0.3 is 11.9 Å². The number of nitrogens with zero attached hydrogens (tertiary/aromatic N) is 3. The molecule has 1 N–H and O–H groups in total. The number of alkyl halides is 1. The van der Waals surface area contributed by atoms with Gasteiger partial charge in [0.15, 0.2) is 11.6 Å². The Labute approximate surface area is 286 Å². The largest absolute Gasteiger partial charge is 0.456 e. The molecule has 0 radical (unpaired) electrons. The van der Waals surface area contributed by atoms with Crippen LogP contribution in [-0.4, -0.2) is 59.1 Å². The molecular weight excluding hydrogens is 664 g/mol. The first-order valence-corrected chi connectivity index (χ1v) is 16.5. The molecular formula is C36H48BrN4O6+. The number of hydrogen-bond acceptors (Lipinski definition) is 8. The molecule has 0 saturated heterocycles. The van der Waals surface area contributed by atoms with Crippen molar-refractivity contribution in [1.82, 2.24) is 19.5 Å². The standard InChI is InChI=1S/C18H24N2O3.C13H16N2O2.C5H8BrO/c1-7-14(21)11(2)20-12(3)15(17(22)23-18(4,5)6)13-9-8-10-19-16(13)20;1-8-10(12(16)17-13(2,3)4)9-6-5-7-14-11(9)15-8;1-3-5(7)4(2)6/h8-11H,7H2,1-6H3;5-7H,1-4H3,(H,14,15);4H,1,3H2,2H3/q;;+1. The van der Waals surface area contributed by atoms with Crippen molar-refractivity contribution in [2.24, 2.45) is 0 Å². The highest BCUT2D eigenvalue weighted by atomic mass is 79.9. The monoisotopic (exact) mass is 711 g/mol. The van der Waals surface area contributed by atoms with Gasteiger partial charge in [-0.3, -0.25) is 9.59 Å². The third kappa shape index (κ3) is 10.5. The molecule has 47 heavy (non-hydrogen) atoms. The van der Waals surface area contributed by atoms with Crippen molar-refractivity contribution in [3.63, 3.8) is 0 Å². The summed E-state index contributed by atoms with van der Waals surface area (Å²) in [6.45, 7) is 23.6. The summed E-state index contributed by atoms with van der Waals surface area (Å²) in [5.74, 6) is -0.441. The summed E-state index contributed by atoms with van der Waals surface area (Å²) in [7, 11) is 0. The third-order valence-corrected chi connectivity index (χ3v) is 7.37. The minimum Gasteiger partial charge on any atom is -0.456 e. The van der Waals surface area contributed by atoms with Gasteiger partial charge in [0, 0.05) is 41.0 Å². The number of carbonyl (C=O) groups is 4. The average molecular weight is 713 g/mol. The predicted molar refractivity (Wildman–Crippen MR) is 189 cm³/mol. The Kier molecular flexibility index (Phi) is 13.5. The highest BCUT2D eigenvalue weighted by molar-refractivity contribution is 9.10. The summed E-state index contributed by atoms with van der Waals surface area (Å²) in [6.07, 6.45) is 4.18. The van der Waals surface area contributed by atoms with E-state index in [2.05, 4.69) is 37.8 Å². The van der Waals surface area contributed by atoms with Crippen LogP contribution in [0.4, 0.5) is 0 Å². The van der Waals surface area contributed by atoms with Gasteiger partial charge in [0.1, 0.15) is 28.9 Å². The molecule has 2 atom stereocenters. The lowest BCUT2D eigenvalue weighted by Gasteiger charge is -2.20. The lowest BCUT2D eigenvalue weighted by molar-refractivity contribution is -0.121. The number of ketones is 2. The van der Waals surface area contributed by atoms with E-state index < -0.39 is 11.2 Å². The van der Waals surface area contributed by atoms with Crippen molar-refractivity contribution in [2.45, 2.75) is 111 Å². The Hall–Kier alpha value is -3.99. The Balaban J connectivity index is 0.000000280. The summed E-state index contributed by atoms with van der Waals surface area (Å²) in [6, 6.07) is 6.93. The van der Waals surface area contributed by atoms with E-state index in [0.29, 0.717) is 41.0 Å². The van der Waals surface area contributed by atoms with Crippen LogP contribution in [0.1, 0.15) is 113 Å². The molecule has 4 aromatic rings. The minimum absolute atomic E-state index is 0.0231. The van der Waals surface area contributed by atoms with Crippen LogP contribution in [-0.2, 0) is 19.1 Å². The van der Waals surface area contributed by atoms with Gasteiger partial charge in [0.25, 0.3) is 0 Å². The molecule has 10 nitrogen and oxygen atoms in total. The number of H-pyrrole nitrogens is 1. The number of carbonyl (C=O) groups excluding carboxylic acids is 4. The Morgan fingerprint density at radius 2 is 1.38 bits per heavy atom. The van der Waals surface area contributed by atoms with Gasteiger partial charge in [0.2, 0.25) is 0 Å². The van der Waals surface area contributed by atoms with Crippen molar-refractivity contribution in [3.05, 3.63) is 66.1 Å². The van der Waals surface area contributed by atoms with Gasteiger partial charge in [-0.25, -0.2) is 19.6 Å². The molecule has 0 saturated carbocycles. The number of halogens is 1. The zero-order valence-electron chi connectivity index (χ0n) is 29.4. The highest BCUT2D eigenvalue weighted by Gasteiger charge is 2.28. The molecule has 4 rings (SSSR count). The molecule has 0 aliphatic heterocycles. The van der Waals surface area contributed by atoms with Crippen molar-refractivity contribution in [1.29, 1.82) is 0 Å². The molecule has 4 heterocycles. The summed E-state index contributed by atoms with van der Waals surface area (Å²) in [4.78, 5) is 58.9. The van der Waals surface area contributed by atoms with Crippen LogP contribution in [0.25, 0.3) is 22.1 Å². The van der Waals surface area contributed by atoms with E-state index in [1.54, 1.807) is 25.4 Å². The SMILES string of the molecule is CCC(=O)C(C)n1c(C)c(C(=O)OC(C)(C)C)c2cccnc21.Cc1[nH]c2ncccc2c1C(=O)OC(C)(C)C.[CH2+]CC(=O)C(C)Br. The second-order valence-corrected chi connectivity index (χ2v) is 14.4. The van der Waals surface area contributed by atoms with Crippen LogP contribution < -0.4 is 0 Å². The quantitative estimate of drug-likeness (QED) is 0.115. The summed E-state index contributed by atoms with van der Waals surface area (Å²) in [5, 5.41) is 1.52. The molecule has 254 valence electrons. The van der Waals surface area contributed by atoms with E-state index in [9.17, 15) is 19.2 Å². The number of aromatic amines is 1. The number of ether oxygens (including phenoxy) is 2. The number of Topliss-reactive ketones (excluding diaryl/α,β-unsaturated/α-hetero) is 2. The van der Waals surface area contributed by atoms with E-state index in [1.165, 1.54) is 0 Å². The van der Waals surface area contributed by atoms with Crippen LogP contribution in [0.3, 0.4) is 0 Å². The number of esters is 2. The van der Waals surface area contributed by atoms with Crippen LogP contribution in [0.15, 0.2) is 36.7 Å². The van der Waals surface area contributed by atoms with E-state index >= 15 is 0 Å². The molecule has 0 spiro atoms. The maximum absolute atomic E-state index is 12.6. The Bertz CT molecular complexity index is 1720. The van der Waals surface area contributed by atoms with Crippen molar-refractivity contribution in [2.75, 3.05) is 0 Å². The van der Waals surface area contributed by atoms with E-state index in [1.807, 2.05) is 92.0 Å². The normalized spacial score (nSPS) is 12.7. The van der Waals surface area contributed by atoms with Gasteiger partial charge < -0.3 is 19.0 Å². The average Bonchev–Trinajstić information content (AvgIpc) is 3.47. The second kappa shape index (κ2) is 16.2. The molecule has 0 aliphatic rings. The number of fused-ring (bicyclic) bond motifs is 2. The molecule has 0 aromatic carbocycles. The smallest absolute Gasteiger partial charge is 0.341 e. The number of hydrogen-bond donors (Lipinski definition) is 1. The fraction of sp³-hybridized carbons (Fsp3) is 0.472. The van der Waals surface area contributed by atoms with E-state index in [0.717, 1.165) is 16.5 Å². The molecule has 11 heteroatoms.